The molecule has 2 aliphatic rings. The van der Waals surface area contributed by atoms with Crippen molar-refractivity contribution >= 4 is 40.7 Å². The van der Waals surface area contributed by atoms with Crippen molar-refractivity contribution in [3.8, 4) is 0 Å². The molecule has 0 N–H and O–H groups in total. The van der Waals surface area contributed by atoms with Gasteiger partial charge in [0, 0.05) is 16.8 Å². The van der Waals surface area contributed by atoms with Crippen molar-refractivity contribution in [3.63, 3.8) is 0 Å². The number of β-lactam (4-membered cyclic amide) rings is 1. The number of nitro benzene ring substituents is 1. The Kier molecular flexibility index (Phi) is 4.94. The highest BCUT2D eigenvalue weighted by Gasteiger charge is 2.58. The average molecular weight is 480 g/mol. The highest BCUT2D eigenvalue weighted by molar-refractivity contribution is 6.31. The molecule has 10 heteroatoms. The van der Waals surface area contributed by atoms with E-state index >= 15 is 0 Å². The number of nitrogens with zero attached hydrogens (tertiary/aromatic N) is 3. The van der Waals surface area contributed by atoms with E-state index in [2.05, 4.69) is 0 Å². The van der Waals surface area contributed by atoms with Crippen LogP contribution >= 0.6 is 11.6 Å². The Hall–Kier alpha value is -4.11. The van der Waals surface area contributed by atoms with Gasteiger partial charge in [0.2, 0.25) is 0 Å². The molecule has 0 unspecified atom stereocenters. The Morgan fingerprint density at radius 3 is 2.32 bits per heavy atom. The van der Waals surface area contributed by atoms with Crippen LogP contribution < -0.4 is 4.90 Å². The number of nitro groups is 1. The second-order valence-electron chi connectivity index (χ2n) is 8.02. The lowest BCUT2D eigenvalue weighted by atomic mass is 9.85. The first kappa shape index (κ1) is 21.7. The van der Waals surface area contributed by atoms with Crippen LogP contribution in [0.15, 0.2) is 60.7 Å². The summed E-state index contributed by atoms with van der Waals surface area (Å²) in [7, 11) is 0. The molecule has 5 rings (SSSR count). The van der Waals surface area contributed by atoms with Crippen LogP contribution in [0.5, 0.6) is 0 Å². The fraction of sp³-hybridized carbons (Fsp3) is 0.125. The molecule has 0 bridgehead atoms. The molecule has 34 heavy (non-hydrogen) atoms. The maximum absolute atomic E-state index is 13.6. The first-order valence-corrected chi connectivity index (χ1v) is 10.6. The van der Waals surface area contributed by atoms with Gasteiger partial charge in [0.05, 0.1) is 16.5 Å². The number of carbonyl (C=O) groups excluding carboxylic acids is 3. The lowest BCUT2D eigenvalue weighted by Crippen LogP contribution is -2.67. The fourth-order valence-electron chi connectivity index (χ4n) is 4.52. The van der Waals surface area contributed by atoms with Gasteiger partial charge >= 0.3 is 0 Å². The SMILES string of the molecule is Cc1ccc(Cl)cc1N1C(=O)[C@H](N2C(=O)c3cccc([N+](=O)[O-])c3C2=O)[C@H]1c1ccc(F)cc1. The van der Waals surface area contributed by atoms with Crippen LogP contribution in [0.3, 0.4) is 0 Å². The molecular formula is C24H15ClFN3O5. The van der Waals surface area contributed by atoms with Gasteiger partial charge in [-0.05, 0) is 48.4 Å². The monoisotopic (exact) mass is 479 g/mol. The molecule has 1 fully saturated rings. The summed E-state index contributed by atoms with van der Waals surface area (Å²) >= 11 is 6.15. The Labute approximate surface area is 197 Å². The molecule has 3 aromatic carbocycles. The van der Waals surface area contributed by atoms with E-state index in [1.807, 2.05) is 0 Å². The number of fused-ring (bicyclic) bond motifs is 1. The van der Waals surface area contributed by atoms with E-state index in [9.17, 15) is 28.9 Å². The number of hydrogen-bond acceptors (Lipinski definition) is 5. The minimum atomic E-state index is -1.27. The third-order valence-electron chi connectivity index (χ3n) is 6.11. The van der Waals surface area contributed by atoms with Gasteiger partial charge in [-0.25, -0.2) is 4.39 Å². The summed E-state index contributed by atoms with van der Waals surface area (Å²) < 4.78 is 13.6. The molecule has 0 saturated carbocycles. The molecule has 170 valence electrons. The zero-order valence-corrected chi connectivity index (χ0v) is 18.3. The van der Waals surface area contributed by atoms with Crippen LogP contribution in [0.1, 0.15) is 37.9 Å². The van der Waals surface area contributed by atoms with E-state index in [4.69, 9.17) is 11.6 Å². The summed E-state index contributed by atoms with van der Waals surface area (Å²) in [5.74, 6) is -2.76. The molecular weight excluding hydrogens is 465 g/mol. The van der Waals surface area contributed by atoms with Crippen molar-refractivity contribution < 1.29 is 23.7 Å². The van der Waals surface area contributed by atoms with Crippen molar-refractivity contribution in [3.05, 3.63) is 104 Å². The normalized spacial score (nSPS) is 19.3. The lowest BCUT2D eigenvalue weighted by Gasteiger charge is -2.50. The first-order chi connectivity index (χ1) is 16.2. The number of amides is 3. The lowest BCUT2D eigenvalue weighted by molar-refractivity contribution is -0.385. The van der Waals surface area contributed by atoms with Crippen molar-refractivity contribution in [1.82, 2.24) is 4.90 Å². The Bertz CT molecular complexity index is 1410. The van der Waals surface area contributed by atoms with Gasteiger partial charge in [-0.1, -0.05) is 35.9 Å². The zero-order valence-electron chi connectivity index (χ0n) is 17.6. The third-order valence-corrected chi connectivity index (χ3v) is 6.34. The minimum Gasteiger partial charge on any atom is -0.300 e. The smallest absolute Gasteiger partial charge is 0.282 e. The predicted octanol–water partition coefficient (Wildman–Crippen LogP) is 4.45. The molecule has 0 aromatic heterocycles. The summed E-state index contributed by atoms with van der Waals surface area (Å²) in [5.41, 5.74) is 0.692. The molecule has 0 radical (unpaired) electrons. The van der Waals surface area contributed by atoms with Crippen LogP contribution in [0, 0.1) is 22.9 Å². The van der Waals surface area contributed by atoms with Crippen molar-refractivity contribution in [2.45, 2.75) is 19.0 Å². The zero-order chi connectivity index (χ0) is 24.3. The summed E-state index contributed by atoms with van der Waals surface area (Å²) in [5, 5.41) is 11.8. The number of hydrogen-bond donors (Lipinski definition) is 0. The van der Waals surface area contributed by atoms with Crippen molar-refractivity contribution in [1.29, 1.82) is 0 Å². The number of aryl methyl sites for hydroxylation is 1. The predicted molar refractivity (Wildman–Crippen MR) is 120 cm³/mol. The van der Waals surface area contributed by atoms with Gasteiger partial charge in [-0.2, -0.15) is 0 Å². The van der Waals surface area contributed by atoms with Gasteiger partial charge in [0.25, 0.3) is 23.4 Å². The standard InChI is InChI=1S/C24H15ClFN3O5/c1-12-5-8-14(25)11-18(12)27-20(13-6-9-15(26)10-7-13)21(24(27)32)28-22(30)16-3-2-4-17(29(33)34)19(16)23(28)31/h2-11,20-21H,1H3/t20-,21-/m1/s1. The number of benzene rings is 3. The largest absolute Gasteiger partial charge is 0.300 e. The van der Waals surface area contributed by atoms with Crippen molar-refractivity contribution in [2.75, 3.05) is 4.90 Å². The van der Waals surface area contributed by atoms with Gasteiger partial charge in [-0.3, -0.25) is 29.4 Å². The maximum atomic E-state index is 13.6. The summed E-state index contributed by atoms with van der Waals surface area (Å²) in [4.78, 5) is 52.8. The molecule has 8 nitrogen and oxygen atoms in total. The van der Waals surface area contributed by atoms with E-state index in [1.54, 1.807) is 25.1 Å². The van der Waals surface area contributed by atoms with E-state index < -0.39 is 46.2 Å². The van der Waals surface area contributed by atoms with Crippen LogP contribution in [0.25, 0.3) is 0 Å². The van der Waals surface area contributed by atoms with Crippen LogP contribution in [-0.2, 0) is 4.79 Å². The number of anilines is 1. The van der Waals surface area contributed by atoms with Gasteiger partial charge in [-0.15, -0.1) is 0 Å². The second-order valence-corrected chi connectivity index (χ2v) is 8.45. The highest BCUT2D eigenvalue weighted by Crippen LogP contribution is 2.46. The molecule has 3 amide bonds. The average Bonchev–Trinajstić information content (AvgIpc) is 3.05. The van der Waals surface area contributed by atoms with E-state index in [0.29, 0.717) is 16.3 Å². The Morgan fingerprint density at radius 2 is 1.65 bits per heavy atom. The summed E-state index contributed by atoms with van der Waals surface area (Å²) in [6.07, 6.45) is 0. The maximum Gasteiger partial charge on any atom is 0.282 e. The van der Waals surface area contributed by atoms with Crippen LogP contribution in [-0.4, -0.2) is 33.6 Å². The van der Waals surface area contributed by atoms with Crippen LogP contribution in [0.4, 0.5) is 15.8 Å². The summed E-state index contributed by atoms with van der Waals surface area (Å²) in [6.45, 7) is 1.78. The number of rotatable bonds is 4. The van der Waals surface area contributed by atoms with Gasteiger partial charge in [0.1, 0.15) is 17.4 Å². The van der Waals surface area contributed by atoms with E-state index in [-0.39, 0.29) is 11.1 Å². The Morgan fingerprint density at radius 1 is 0.941 bits per heavy atom. The minimum absolute atomic E-state index is 0.137. The number of carbonyl (C=O) groups is 3. The van der Waals surface area contributed by atoms with E-state index in [0.717, 1.165) is 16.5 Å². The van der Waals surface area contributed by atoms with Crippen LogP contribution in [0.2, 0.25) is 5.02 Å². The molecule has 0 spiro atoms. The Balaban J connectivity index is 1.63. The third kappa shape index (κ3) is 3.08. The highest BCUT2D eigenvalue weighted by atomic mass is 35.5. The van der Waals surface area contributed by atoms with Crippen molar-refractivity contribution in [2.24, 2.45) is 0 Å². The first-order valence-electron chi connectivity index (χ1n) is 10.2. The van der Waals surface area contributed by atoms with E-state index in [1.165, 1.54) is 41.3 Å². The molecule has 0 aliphatic carbocycles. The van der Waals surface area contributed by atoms with Gasteiger partial charge in [0.15, 0.2) is 0 Å². The topological polar surface area (TPSA) is 101 Å². The molecule has 2 atom stereocenters. The fourth-order valence-corrected chi connectivity index (χ4v) is 4.68. The molecule has 3 aromatic rings. The number of imide groups is 1. The summed E-state index contributed by atoms with van der Waals surface area (Å²) in [6, 6.07) is 12.0. The number of halogens is 2. The molecule has 2 heterocycles. The van der Waals surface area contributed by atoms with Gasteiger partial charge < -0.3 is 4.90 Å². The molecule has 1 saturated heterocycles. The molecule has 2 aliphatic heterocycles. The second kappa shape index (κ2) is 7.74. The quantitative estimate of drug-likeness (QED) is 0.238.